The summed E-state index contributed by atoms with van der Waals surface area (Å²) in [7, 11) is -1.61. The fourth-order valence-electron chi connectivity index (χ4n) is 5.06. The Hall–Kier alpha value is -3.44. The molecular formula is C38H39FIrN2OSi-2. The molecule has 0 N–H and O–H groups in total. The maximum atomic E-state index is 14.0. The van der Waals surface area contributed by atoms with E-state index in [4.69, 9.17) is 9.90 Å². The zero-order chi connectivity index (χ0) is 34.3. The molecule has 0 spiro atoms. The third-order valence-electron chi connectivity index (χ3n) is 7.46. The molecule has 0 aliphatic carbocycles. The second kappa shape index (κ2) is 13.7. The summed E-state index contributed by atoms with van der Waals surface area (Å²) in [4.78, 5) is 9.01. The van der Waals surface area contributed by atoms with Crippen LogP contribution in [0.3, 0.4) is 0 Å². The smallest absolute Gasteiger partial charge is 0.165 e. The number of fused-ring (bicyclic) bond motifs is 3. The Morgan fingerprint density at radius 3 is 2.34 bits per heavy atom. The second-order valence-corrected chi connectivity index (χ2v) is 17.3. The number of nitrogens with zero attached hydrogens (tertiary/aromatic N) is 2. The minimum Gasteiger partial charge on any atom is -0.498 e. The molecule has 0 amide bonds. The van der Waals surface area contributed by atoms with E-state index in [2.05, 4.69) is 55.6 Å². The molecule has 6 rings (SSSR count). The zero-order valence-electron chi connectivity index (χ0n) is 30.1. The van der Waals surface area contributed by atoms with E-state index in [9.17, 15) is 4.39 Å². The molecule has 0 aliphatic heterocycles. The molecule has 3 nitrogen and oxygen atoms in total. The first-order valence-electron chi connectivity index (χ1n) is 16.5. The van der Waals surface area contributed by atoms with Crippen LogP contribution in [0.2, 0.25) is 19.6 Å². The molecular weight excluding hydrogens is 740 g/mol. The van der Waals surface area contributed by atoms with Gasteiger partial charge in [-0.3, -0.25) is 0 Å². The van der Waals surface area contributed by atoms with E-state index in [0.29, 0.717) is 11.5 Å². The van der Waals surface area contributed by atoms with Crippen molar-refractivity contribution in [3.8, 4) is 22.5 Å². The normalized spacial score (nSPS) is 13.4. The van der Waals surface area contributed by atoms with E-state index in [0.717, 1.165) is 38.9 Å². The number of hydrogen-bond acceptors (Lipinski definition) is 3. The van der Waals surface area contributed by atoms with E-state index >= 15 is 0 Å². The van der Waals surface area contributed by atoms with Crippen molar-refractivity contribution < 1.29 is 34.4 Å². The van der Waals surface area contributed by atoms with Gasteiger partial charge in [0.15, 0.2) is 11.4 Å². The Bertz CT molecular complexity index is 2050. The fraction of sp³-hybridized carbons (Fsp3) is 0.263. The molecule has 3 aromatic carbocycles. The quantitative estimate of drug-likeness (QED) is 0.129. The van der Waals surface area contributed by atoms with E-state index in [1.54, 1.807) is 24.4 Å². The van der Waals surface area contributed by atoms with Crippen LogP contribution in [0.1, 0.15) is 61.7 Å². The Morgan fingerprint density at radius 2 is 1.68 bits per heavy atom. The molecule has 0 atom stereocenters. The molecule has 3 aromatic heterocycles. The number of benzene rings is 3. The van der Waals surface area contributed by atoms with E-state index in [-0.39, 0.29) is 37.1 Å². The van der Waals surface area contributed by atoms with Crippen LogP contribution in [0, 0.1) is 24.8 Å². The molecule has 6 aromatic rings. The first-order chi connectivity index (χ1) is 21.9. The van der Waals surface area contributed by atoms with Crippen LogP contribution in [-0.4, -0.2) is 18.0 Å². The van der Waals surface area contributed by atoms with Crippen LogP contribution >= 0.6 is 0 Å². The summed E-state index contributed by atoms with van der Waals surface area (Å²) in [5.41, 5.74) is 6.39. The molecule has 44 heavy (non-hydrogen) atoms. The molecule has 0 saturated heterocycles. The SMILES string of the molecule is CC(C)c1ccnc(-c2[c-]ccc3c2oc2c(F)cccc23)c1.[2H]C([2H])([2H])c1c[c-]c(-c2cc(C([2H])(C)C)c([Si](C)(C)C)cn2)cc1.[Ir]. The number of halogens is 1. The van der Waals surface area contributed by atoms with Gasteiger partial charge in [-0.2, -0.15) is 0 Å². The van der Waals surface area contributed by atoms with Gasteiger partial charge in [0.1, 0.15) is 0 Å². The maximum absolute atomic E-state index is 14.0. The Balaban J connectivity index is 0.000000212. The van der Waals surface area contributed by atoms with Crippen LogP contribution < -0.4 is 5.19 Å². The molecule has 3 heterocycles. The summed E-state index contributed by atoms with van der Waals surface area (Å²) < 4.78 is 50.6. The summed E-state index contributed by atoms with van der Waals surface area (Å²) in [5.74, 6) is -0.663. The van der Waals surface area contributed by atoms with Gasteiger partial charge in [-0.25, -0.2) is 4.39 Å². The van der Waals surface area contributed by atoms with Crippen LogP contribution in [0.5, 0.6) is 0 Å². The van der Waals surface area contributed by atoms with Crippen molar-refractivity contribution in [2.24, 2.45) is 0 Å². The molecule has 1 radical (unpaired) electrons. The number of hydrogen-bond donors (Lipinski definition) is 0. The van der Waals surface area contributed by atoms with Gasteiger partial charge in [-0.1, -0.05) is 101 Å². The van der Waals surface area contributed by atoms with Crippen molar-refractivity contribution in [1.82, 2.24) is 9.97 Å². The van der Waals surface area contributed by atoms with E-state index in [1.807, 2.05) is 56.4 Å². The van der Waals surface area contributed by atoms with E-state index < -0.39 is 20.8 Å². The summed E-state index contributed by atoms with van der Waals surface area (Å²) >= 11 is 0. The minimum absolute atomic E-state index is 0. The number of aromatic nitrogens is 2. The van der Waals surface area contributed by atoms with Crippen molar-refractivity contribution in [3.63, 3.8) is 0 Å². The Labute approximate surface area is 280 Å². The van der Waals surface area contributed by atoms with Gasteiger partial charge in [0, 0.05) is 43.4 Å². The largest absolute Gasteiger partial charge is 0.498 e. The molecule has 0 aliphatic rings. The van der Waals surface area contributed by atoms with Crippen LogP contribution in [0.4, 0.5) is 4.39 Å². The van der Waals surface area contributed by atoms with Crippen LogP contribution in [0.15, 0.2) is 83.5 Å². The molecule has 0 saturated carbocycles. The average molecular weight is 783 g/mol. The molecule has 0 unspecified atom stereocenters. The average Bonchev–Trinajstić information content (AvgIpc) is 3.40. The van der Waals surface area contributed by atoms with Crippen LogP contribution in [0.25, 0.3) is 44.5 Å². The Kier molecular flexibility index (Phi) is 8.73. The first-order valence-corrected chi connectivity index (χ1v) is 18.0. The van der Waals surface area contributed by atoms with Crippen molar-refractivity contribution in [2.45, 2.75) is 66.0 Å². The number of para-hydroxylation sites is 1. The molecule has 229 valence electrons. The first kappa shape index (κ1) is 28.1. The predicted molar refractivity (Wildman–Crippen MR) is 180 cm³/mol. The topological polar surface area (TPSA) is 38.9 Å². The molecule has 0 fully saturated rings. The van der Waals surface area contributed by atoms with Gasteiger partial charge in [0.25, 0.3) is 0 Å². The minimum atomic E-state index is -2.13. The van der Waals surface area contributed by atoms with Crippen molar-refractivity contribution in [1.29, 1.82) is 0 Å². The maximum Gasteiger partial charge on any atom is 0.165 e. The van der Waals surface area contributed by atoms with Crippen molar-refractivity contribution in [3.05, 3.63) is 114 Å². The zero-order valence-corrected chi connectivity index (χ0v) is 29.5. The van der Waals surface area contributed by atoms with Gasteiger partial charge in [-0.05, 0) is 40.5 Å². The number of rotatable bonds is 5. The third kappa shape index (κ3) is 7.09. The number of aryl methyl sites for hydroxylation is 1. The van der Waals surface area contributed by atoms with Gasteiger partial charge in [0.05, 0.1) is 13.7 Å². The number of furan rings is 1. The van der Waals surface area contributed by atoms with Crippen molar-refractivity contribution >= 4 is 35.2 Å². The Morgan fingerprint density at radius 1 is 0.909 bits per heavy atom. The van der Waals surface area contributed by atoms with Gasteiger partial charge in [-0.15, -0.1) is 53.6 Å². The van der Waals surface area contributed by atoms with Gasteiger partial charge < -0.3 is 14.4 Å². The predicted octanol–water partition coefficient (Wildman–Crippen LogP) is 10.2. The van der Waals surface area contributed by atoms with Crippen LogP contribution in [-0.2, 0) is 20.1 Å². The van der Waals surface area contributed by atoms with Crippen molar-refractivity contribution in [2.75, 3.05) is 0 Å². The van der Waals surface area contributed by atoms with Gasteiger partial charge in [0.2, 0.25) is 0 Å². The molecule has 6 heteroatoms. The summed E-state index contributed by atoms with van der Waals surface area (Å²) in [5, 5.41) is 2.84. The third-order valence-corrected chi connectivity index (χ3v) is 9.47. The summed E-state index contributed by atoms with van der Waals surface area (Å²) in [6.45, 7) is 12.7. The fourth-order valence-corrected chi connectivity index (χ4v) is 6.64. The van der Waals surface area contributed by atoms with E-state index in [1.165, 1.54) is 22.9 Å². The van der Waals surface area contributed by atoms with Gasteiger partial charge >= 0.3 is 0 Å². The standard InChI is InChI=1S/C20H15FNO.C18H24NSi.Ir/c1-12(2)13-9-10-22-18(11-13)16-7-3-5-14-15-6-4-8-17(21)20(15)23-19(14)16;1-13(2)16-11-17(15-9-7-14(3)8-10-15)19-12-18(16)20(4,5)6;/h3-6,8-12H,1-2H3;7-9,11-13H,1-6H3;/q2*-1;/i;3D3,13D;. The molecule has 0 bridgehead atoms. The second-order valence-electron chi connectivity index (χ2n) is 12.3. The summed E-state index contributed by atoms with van der Waals surface area (Å²) in [6.07, 6.45) is 3.68. The summed E-state index contributed by atoms with van der Waals surface area (Å²) in [6, 6.07) is 25.8. The monoisotopic (exact) mass is 783 g/mol. The number of pyridine rings is 2.